The Labute approximate surface area is 124 Å². The molecule has 1 fully saturated rings. The number of rotatable bonds is 1. The summed E-state index contributed by atoms with van der Waals surface area (Å²) in [6.07, 6.45) is -0.648. The third-order valence-electron chi connectivity index (χ3n) is 4.32. The van der Waals surface area contributed by atoms with E-state index in [0.717, 1.165) is 6.42 Å². The molecule has 1 saturated heterocycles. The van der Waals surface area contributed by atoms with Crippen LogP contribution in [0, 0.1) is 5.92 Å². The van der Waals surface area contributed by atoms with Crippen LogP contribution in [-0.2, 0) is 4.79 Å². The Hall–Kier alpha value is -1.75. The van der Waals surface area contributed by atoms with Crippen LogP contribution in [-0.4, -0.2) is 47.3 Å². The van der Waals surface area contributed by atoms with Gasteiger partial charge in [-0.05, 0) is 31.4 Å². The van der Waals surface area contributed by atoms with E-state index in [1.54, 1.807) is 11.0 Å². The summed E-state index contributed by atoms with van der Waals surface area (Å²) in [5.41, 5.74) is 0. The molecule has 0 spiro atoms. The summed E-state index contributed by atoms with van der Waals surface area (Å²) in [5.74, 6) is 1.39. The number of aliphatic hydroxyl groups excluding tert-OH is 1. The van der Waals surface area contributed by atoms with Crippen LogP contribution in [0.25, 0.3) is 0 Å². The summed E-state index contributed by atoms with van der Waals surface area (Å²) >= 11 is 0. The van der Waals surface area contributed by atoms with Gasteiger partial charge in [-0.1, -0.05) is 19.1 Å². The SMILES string of the molecule is CC1CCN(C(=O)C2Oc3ccccc3OC2C)CC1O. The minimum absolute atomic E-state index is 0.108. The van der Waals surface area contributed by atoms with E-state index < -0.39 is 12.2 Å². The second kappa shape index (κ2) is 5.56. The number of amides is 1. The smallest absolute Gasteiger partial charge is 0.267 e. The fraction of sp³-hybridized carbons (Fsp3) is 0.562. The first kappa shape index (κ1) is 14.2. The van der Waals surface area contributed by atoms with Gasteiger partial charge in [-0.25, -0.2) is 0 Å². The number of carbonyl (C=O) groups is 1. The predicted octanol–water partition coefficient (Wildman–Crippen LogP) is 1.44. The molecule has 0 aromatic heterocycles. The van der Waals surface area contributed by atoms with Crippen molar-refractivity contribution >= 4 is 5.91 Å². The van der Waals surface area contributed by atoms with Crippen LogP contribution < -0.4 is 9.47 Å². The number of carbonyl (C=O) groups excluding carboxylic acids is 1. The third-order valence-corrected chi connectivity index (χ3v) is 4.32. The molecule has 21 heavy (non-hydrogen) atoms. The van der Waals surface area contributed by atoms with E-state index in [2.05, 4.69) is 0 Å². The Morgan fingerprint density at radius 2 is 1.90 bits per heavy atom. The fourth-order valence-corrected chi connectivity index (χ4v) is 2.82. The Kier molecular flexibility index (Phi) is 3.76. The minimum Gasteiger partial charge on any atom is -0.482 e. The summed E-state index contributed by atoms with van der Waals surface area (Å²) in [4.78, 5) is 14.3. The molecule has 1 aromatic carbocycles. The second-order valence-corrected chi connectivity index (χ2v) is 5.93. The molecular formula is C16H21NO4. The first-order valence-electron chi connectivity index (χ1n) is 7.45. The lowest BCUT2D eigenvalue weighted by Crippen LogP contribution is -2.55. The van der Waals surface area contributed by atoms with Gasteiger partial charge < -0.3 is 19.5 Å². The maximum absolute atomic E-state index is 12.6. The molecule has 5 nitrogen and oxygen atoms in total. The van der Waals surface area contributed by atoms with E-state index in [4.69, 9.17) is 9.47 Å². The number of β-amino-alcohol motifs (C(OH)–C–C–N with tert-alkyl or cyclic N) is 1. The van der Waals surface area contributed by atoms with Gasteiger partial charge in [0, 0.05) is 13.1 Å². The number of nitrogens with zero attached hydrogens (tertiary/aromatic N) is 1. The first-order valence-corrected chi connectivity index (χ1v) is 7.45. The maximum atomic E-state index is 12.6. The Morgan fingerprint density at radius 1 is 1.24 bits per heavy atom. The number of fused-ring (bicyclic) bond motifs is 1. The number of piperidine rings is 1. The molecule has 0 radical (unpaired) electrons. The summed E-state index contributed by atoms with van der Waals surface area (Å²) < 4.78 is 11.6. The summed E-state index contributed by atoms with van der Waals surface area (Å²) in [7, 11) is 0. The molecule has 114 valence electrons. The van der Waals surface area contributed by atoms with Crippen molar-refractivity contribution in [2.45, 2.75) is 38.6 Å². The molecule has 5 heteroatoms. The van der Waals surface area contributed by atoms with Crippen molar-refractivity contribution in [3.05, 3.63) is 24.3 Å². The van der Waals surface area contributed by atoms with E-state index in [-0.39, 0.29) is 17.9 Å². The molecular weight excluding hydrogens is 270 g/mol. The van der Waals surface area contributed by atoms with Gasteiger partial charge in [0.05, 0.1) is 6.10 Å². The van der Waals surface area contributed by atoms with Crippen LogP contribution in [0.4, 0.5) is 0 Å². The molecule has 4 atom stereocenters. The summed E-state index contributed by atoms with van der Waals surface area (Å²) in [6, 6.07) is 7.36. The highest BCUT2D eigenvalue weighted by Crippen LogP contribution is 2.34. The number of hydrogen-bond acceptors (Lipinski definition) is 4. The monoisotopic (exact) mass is 291 g/mol. The van der Waals surface area contributed by atoms with Gasteiger partial charge in [-0.2, -0.15) is 0 Å². The van der Waals surface area contributed by atoms with Gasteiger partial charge in [-0.3, -0.25) is 4.79 Å². The van der Waals surface area contributed by atoms with Gasteiger partial charge in [-0.15, -0.1) is 0 Å². The van der Waals surface area contributed by atoms with Crippen molar-refractivity contribution in [1.29, 1.82) is 0 Å². The van der Waals surface area contributed by atoms with E-state index >= 15 is 0 Å². The number of aliphatic hydroxyl groups is 1. The van der Waals surface area contributed by atoms with E-state index in [0.29, 0.717) is 24.6 Å². The van der Waals surface area contributed by atoms with E-state index in [9.17, 15) is 9.90 Å². The predicted molar refractivity (Wildman–Crippen MR) is 77.3 cm³/mol. The normalized spacial score (nSPS) is 31.9. The van der Waals surface area contributed by atoms with Gasteiger partial charge in [0.2, 0.25) is 6.10 Å². The lowest BCUT2D eigenvalue weighted by atomic mass is 9.95. The Balaban J connectivity index is 1.73. The largest absolute Gasteiger partial charge is 0.482 e. The average molecular weight is 291 g/mol. The molecule has 2 aliphatic heterocycles. The zero-order chi connectivity index (χ0) is 15.0. The van der Waals surface area contributed by atoms with Crippen LogP contribution in [0.5, 0.6) is 11.5 Å². The van der Waals surface area contributed by atoms with Crippen LogP contribution >= 0.6 is 0 Å². The quantitative estimate of drug-likeness (QED) is 0.850. The van der Waals surface area contributed by atoms with Gasteiger partial charge >= 0.3 is 0 Å². The minimum atomic E-state index is -0.652. The topological polar surface area (TPSA) is 59.0 Å². The highest BCUT2D eigenvalue weighted by Gasteiger charge is 2.38. The average Bonchev–Trinajstić information content (AvgIpc) is 2.48. The number of likely N-dealkylation sites (tertiary alicyclic amines) is 1. The molecule has 0 aliphatic carbocycles. The third kappa shape index (κ3) is 2.70. The summed E-state index contributed by atoms with van der Waals surface area (Å²) in [6.45, 7) is 4.87. The maximum Gasteiger partial charge on any atom is 0.267 e. The van der Waals surface area contributed by atoms with Crippen LogP contribution in [0.15, 0.2) is 24.3 Å². The molecule has 1 aromatic rings. The van der Waals surface area contributed by atoms with Gasteiger partial charge in [0.25, 0.3) is 5.91 Å². The highest BCUT2D eigenvalue weighted by atomic mass is 16.6. The van der Waals surface area contributed by atoms with Crippen molar-refractivity contribution in [2.75, 3.05) is 13.1 Å². The second-order valence-electron chi connectivity index (χ2n) is 5.93. The zero-order valence-electron chi connectivity index (χ0n) is 12.4. The molecule has 2 heterocycles. The van der Waals surface area contributed by atoms with Crippen LogP contribution in [0.1, 0.15) is 20.3 Å². The lowest BCUT2D eigenvalue weighted by Gasteiger charge is -2.38. The van der Waals surface area contributed by atoms with Crippen molar-refractivity contribution in [3.8, 4) is 11.5 Å². The molecule has 0 saturated carbocycles. The number of ether oxygens (including phenoxy) is 2. The lowest BCUT2D eigenvalue weighted by molar-refractivity contribution is -0.148. The van der Waals surface area contributed by atoms with Crippen molar-refractivity contribution in [2.24, 2.45) is 5.92 Å². The van der Waals surface area contributed by atoms with Crippen molar-refractivity contribution in [1.82, 2.24) is 4.90 Å². The molecule has 4 unspecified atom stereocenters. The van der Waals surface area contributed by atoms with Crippen LogP contribution in [0.2, 0.25) is 0 Å². The highest BCUT2D eigenvalue weighted by molar-refractivity contribution is 5.82. The molecule has 1 N–H and O–H groups in total. The Bertz CT molecular complexity index is 533. The molecule has 3 rings (SSSR count). The van der Waals surface area contributed by atoms with Gasteiger partial charge in [0.1, 0.15) is 6.10 Å². The molecule has 2 aliphatic rings. The van der Waals surface area contributed by atoms with E-state index in [1.807, 2.05) is 32.0 Å². The fourth-order valence-electron chi connectivity index (χ4n) is 2.82. The van der Waals surface area contributed by atoms with Crippen LogP contribution in [0.3, 0.4) is 0 Å². The Morgan fingerprint density at radius 3 is 2.57 bits per heavy atom. The first-order chi connectivity index (χ1) is 10.1. The van der Waals surface area contributed by atoms with Crippen molar-refractivity contribution < 1.29 is 19.4 Å². The van der Waals surface area contributed by atoms with Gasteiger partial charge in [0.15, 0.2) is 11.5 Å². The number of hydrogen-bond donors (Lipinski definition) is 1. The number of benzene rings is 1. The van der Waals surface area contributed by atoms with E-state index in [1.165, 1.54) is 0 Å². The zero-order valence-corrected chi connectivity index (χ0v) is 12.4. The molecule has 1 amide bonds. The molecule has 0 bridgehead atoms. The standard InChI is InChI=1S/C16H21NO4/c1-10-7-8-17(9-12(10)18)16(19)15-11(2)20-13-5-3-4-6-14(13)21-15/h3-6,10-12,15,18H,7-9H2,1-2H3. The number of para-hydroxylation sites is 2. The summed E-state index contributed by atoms with van der Waals surface area (Å²) in [5, 5.41) is 9.95. The van der Waals surface area contributed by atoms with Crippen molar-refractivity contribution in [3.63, 3.8) is 0 Å².